The van der Waals surface area contributed by atoms with Gasteiger partial charge in [0.25, 0.3) is 0 Å². The molecule has 0 aliphatic rings. The molecule has 2 nitrogen and oxygen atoms in total. The van der Waals surface area contributed by atoms with Crippen LogP contribution in [0.2, 0.25) is 10.0 Å². The number of rotatable bonds is 4. The highest BCUT2D eigenvalue weighted by atomic mass is 35.5. The van der Waals surface area contributed by atoms with Crippen LogP contribution in [-0.4, -0.2) is 13.1 Å². The molecule has 0 fully saturated rings. The summed E-state index contributed by atoms with van der Waals surface area (Å²) >= 11 is 11.9. The van der Waals surface area contributed by atoms with E-state index in [4.69, 9.17) is 35.4 Å². The van der Waals surface area contributed by atoms with Gasteiger partial charge in [-0.2, -0.15) is 0 Å². The van der Waals surface area contributed by atoms with E-state index < -0.39 is 0 Å². The Morgan fingerprint density at radius 1 is 1.47 bits per heavy atom. The minimum Gasteiger partial charge on any atom is -0.329 e. The Hall–Kier alpha value is -0.720. The Balaban J connectivity index is 2.91. The molecule has 0 spiro atoms. The van der Waals surface area contributed by atoms with E-state index in [1.807, 2.05) is 0 Å². The zero-order valence-electron chi connectivity index (χ0n) is 8.13. The molecule has 0 aliphatic heterocycles. The molecule has 80 valence electrons. The summed E-state index contributed by atoms with van der Waals surface area (Å²) in [6.45, 7) is 0.868. The van der Waals surface area contributed by atoms with Crippen molar-refractivity contribution in [3.63, 3.8) is 0 Å². The van der Waals surface area contributed by atoms with Crippen LogP contribution in [0.25, 0.3) is 0 Å². The lowest BCUT2D eigenvalue weighted by Crippen LogP contribution is -2.28. The Morgan fingerprint density at radius 3 is 2.80 bits per heavy atom. The van der Waals surface area contributed by atoms with Crippen LogP contribution >= 0.6 is 23.2 Å². The maximum atomic E-state index is 6.04. The Kier molecular flexibility index (Phi) is 4.93. The van der Waals surface area contributed by atoms with E-state index in [2.05, 4.69) is 11.2 Å². The van der Waals surface area contributed by atoms with Crippen molar-refractivity contribution in [3.8, 4) is 12.3 Å². The highest BCUT2D eigenvalue weighted by Crippen LogP contribution is 2.25. The molecule has 1 aromatic carbocycles. The van der Waals surface area contributed by atoms with Gasteiger partial charge in [0.1, 0.15) is 0 Å². The van der Waals surface area contributed by atoms with Gasteiger partial charge in [-0.15, -0.1) is 6.42 Å². The first-order chi connectivity index (χ1) is 7.19. The van der Waals surface area contributed by atoms with Crippen LogP contribution in [0.5, 0.6) is 0 Å². The lowest BCUT2D eigenvalue weighted by Gasteiger charge is -2.17. The van der Waals surface area contributed by atoms with Gasteiger partial charge >= 0.3 is 0 Å². The van der Waals surface area contributed by atoms with Gasteiger partial charge in [0.05, 0.1) is 6.54 Å². The van der Waals surface area contributed by atoms with Gasteiger partial charge in [-0.05, 0) is 23.8 Å². The third kappa shape index (κ3) is 3.40. The maximum Gasteiger partial charge on any atom is 0.0578 e. The largest absolute Gasteiger partial charge is 0.329 e. The van der Waals surface area contributed by atoms with E-state index in [9.17, 15) is 0 Å². The van der Waals surface area contributed by atoms with Crippen molar-refractivity contribution in [2.75, 3.05) is 13.1 Å². The molecule has 1 rings (SSSR count). The van der Waals surface area contributed by atoms with Gasteiger partial charge in [0, 0.05) is 22.6 Å². The molecule has 0 aliphatic carbocycles. The zero-order chi connectivity index (χ0) is 11.3. The highest BCUT2D eigenvalue weighted by Gasteiger charge is 2.12. The second-order valence-corrected chi connectivity index (χ2v) is 3.88. The smallest absolute Gasteiger partial charge is 0.0578 e. The minimum absolute atomic E-state index is 0.0627. The first-order valence-electron chi connectivity index (χ1n) is 4.51. The molecule has 1 unspecified atom stereocenters. The summed E-state index contributed by atoms with van der Waals surface area (Å²) in [6, 6.07) is 5.22. The molecule has 0 radical (unpaired) electrons. The Bertz CT molecular complexity index is 371. The molecule has 0 heterocycles. The predicted molar refractivity (Wildman–Crippen MR) is 65.1 cm³/mol. The number of nitrogens with two attached hydrogens (primary N) is 1. The quantitative estimate of drug-likeness (QED) is 0.795. The van der Waals surface area contributed by atoms with E-state index >= 15 is 0 Å². The molecular weight excluding hydrogens is 231 g/mol. The van der Waals surface area contributed by atoms with E-state index in [1.54, 1.807) is 18.2 Å². The number of hydrogen-bond donors (Lipinski definition) is 2. The summed E-state index contributed by atoms with van der Waals surface area (Å²) in [5.41, 5.74) is 6.51. The van der Waals surface area contributed by atoms with Crippen molar-refractivity contribution < 1.29 is 0 Å². The second-order valence-electron chi connectivity index (χ2n) is 3.04. The SMILES string of the molecule is C#CCNC(CN)c1cc(Cl)ccc1Cl. The van der Waals surface area contributed by atoms with Gasteiger partial charge < -0.3 is 5.73 Å². The standard InChI is InChI=1S/C11H12Cl2N2/c1-2-5-15-11(7-14)9-6-8(12)3-4-10(9)13/h1,3-4,6,11,15H,5,7,14H2. The van der Waals surface area contributed by atoms with Crippen LogP contribution in [0.1, 0.15) is 11.6 Å². The molecule has 0 aromatic heterocycles. The number of halogens is 2. The van der Waals surface area contributed by atoms with E-state index in [0.29, 0.717) is 23.1 Å². The van der Waals surface area contributed by atoms with Crippen LogP contribution in [-0.2, 0) is 0 Å². The molecule has 1 atom stereocenters. The molecule has 1 aromatic rings. The van der Waals surface area contributed by atoms with Crippen LogP contribution < -0.4 is 11.1 Å². The number of terminal acetylenes is 1. The van der Waals surface area contributed by atoms with Gasteiger partial charge in [0.2, 0.25) is 0 Å². The molecular formula is C11H12Cl2N2. The van der Waals surface area contributed by atoms with Gasteiger partial charge in [-0.3, -0.25) is 5.32 Å². The van der Waals surface area contributed by atoms with Crippen molar-refractivity contribution in [1.29, 1.82) is 0 Å². The van der Waals surface area contributed by atoms with Crippen LogP contribution in [0.4, 0.5) is 0 Å². The predicted octanol–water partition coefficient (Wildman–Crippen LogP) is 2.22. The normalized spacial score (nSPS) is 12.1. The summed E-state index contributed by atoms with van der Waals surface area (Å²) in [4.78, 5) is 0. The lowest BCUT2D eigenvalue weighted by molar-refractivity contribution is 0.582. The molecule has 15 heavy (non-hydrogen) atoms. The fourth-order valence-electron chi connectivity index (χ4n) is 1.28. The summed E-state index contributed by atoms with van der Waals surface area (Å²) in [5, 5.41) is 4.37. The van der Waals surface area contributed by atoms with Gasteiger partial charge in [-0.25, -0.2) is 0 Å². The monoisotopic (exact) mass is 242 g/mol. The average Bonchev–Trinajstić information content (AvgIpc) is 2.24. The minimum atomic E-state index is -0.0627. The highest BCUT2D eigenvalue weighted by molar-refractivity contribution is 6.33. The fourth-order valence-corrected chi connectivity index (χ4v) is 1.71. The van der Waals surface area contributed by atoms with Crippen molar-refractivity contribution in [3.05, 3.63) is 33.8 Å². The number of hydrogen-bond acceptors (Lipinski definition) is 2. The molecule has 0 saturated heterocycles. The summed E-state index contributed by atoms with van der Waals surface area (Å²) in [6.07, 6.45) is 5.17. The van der Waals surface area contributed by atoms with E-state index in [1.165, 1.54) is 0 Å². The topological polar surface area (TPSA) is 38.0 Å². The first kappa shape index (κ1) is 12.4. The fraction of sp³-hybridized carbons (Fsp3) is 0.273. The van der Waals surface area contributed by atoms with Gasteiger partial charge in [-0.1, -0.05) is 29.1 Å². The third-order valence-electron chi connectivity index (χ3n) is 2.02. The summed E-state index contributed by atoms with van der Waals surface area (Å²) < 4.78 is 0. The van der Waals surface area contributed by atoms with E-state index in [-0.39, 0.29) is 6.04 Å². The van der Waals surface area contributed by atoms with Crippen molar-refractivity contribution in [2.24, 2.45) is 5.73 Å². The Morgan fingerprint density at radius 2 is 2.20 bits per heavy atom. The zero-order valence-corrected chi connectivity index (χ0v) is 9.65. The number of nitrogens with one attached hydrogen (secondary N) is 1. The van der Waals surface area contributed by atoms with Crippen molar-refractivity contribution in [2.45, 2.75) is 6.04 Å². The third-order valence-corrected chi connectivity index (χ3v) is 2.60. The van der Waals surface area contributed by atoms with Crippen LogP contribution in [0.15, 0.2) is 18.2 Å². The molecule has 0 bridgehead atoms. The Labute approximate surface area is 99.8 Å². The number of benzene rings is 1. The van der Waals surface area contributed by atoms with Crippen molar-refractivity contribution >= 4 is 23.2 Å². The first-order valence-corrected chi connectivity index (χ1v) is 5.26. The summed E-state index contributed by atoms with van der Waals surface area (Å²) in [7, 11) is 0. The molecule has 4 heteroatoms. The van der Waals surface area contributed by atoms with Crippen molar-refractivity contribution in [1.82, 2.24) is 5.32 Å². The molecule has 0 saturated carbocycles. The molecule has 3 N–H and O–H groups in total. The van der Waals surface area contributed by atoms with Crippen LogP contribution in [0, 0.1) is 12.3 Å². The molecule has 0 amide bonds. The lowest BCUT2D eigenvalue weighted by atomic mass is 10.1. The van der Waals surface area contributed by atoms with Gasteiger partial charge in [0.15, 0.2) is 0 Å². The van der Waals surface area contributed by atoms with Crippen LogP contribution in [0.3, 0.4) is 0 Å². The average molecular weight is 243 g/mol. The van der Waals surface area contributed by atoms with E-state index in [0.717, 1.165) is 5.56 Å². The maximum absolute atomic E-state index is 6.04. The summed E-state index contributed by atoms with van der Waals surface area (Å²) in [5.74, 6) is 2.49. The second kappa shape index (κ2) is 5.99.